The van der Waals surface area contributed by atoms with Gasteiger partial charge in [-0.3, -0.25) is 4.79 Å². The van der Waals surface area contributed by atoms with Crippen LogP contribution in [0.3, 0.4) is 0 Å². The highest BCUT2D eigenvalue weighted by Crippen LogP contribution is 2.38. The summed E-state index contributed by atoms with van der Waals surface area (Å²) in [5.74, 6) is 1.63. The summed E-state index contributed by atoms with van der Waals surface area (Å²) in [6, 6.07) is 8.21. The number of hydrogen-bond donors (Lipinski definition) is 0. The van der Waals surface area contributed by atoms with Crippen molar-refractivity contribution >= 4 is 58.2 Å². The molecule has 0 saturated heterocycles. The lowest BCUT2D eigenvalue weighted by atomic mass is 10.2. The molecule has 1 aliphatic heterocycles. The topological polar surface area (TPSA) is 46.1 Å². The molecule has 1 unspecified atom stereocenters. The average molecular weight is 426 g/mol. The van der Waals surface area contributed by atoms with Crippen molar-refractivity contribution in [1.29, 1.82) is 0 Å². The summed E-state index contributed by atoms with van der Waals surface area (Å²) >= 11 is 6.70. The Labute approximate surface area is 171 Å². The summed E-state index contributed by atoms with van der Waals surface area (Å²) in [7, 11) is 0. The summed E-state index contributed by atoms with van der Waals surface area (Å²) in [5.41, 5.74) is 1.04. The Kier molecular flexibility index (Phi) is 7.72. The van der Waals surface area contributed by atoms with E-state index in [1.54, 1.807) is 23.1 Å². The summed E-state index contributed by atoms with van der Waals surface area (Å²) < 4.78 is 1.88. The standard InChI is InChI=1S/C18H23N3OS4/c1-3-4-11-23-17-19-20-18(26-17)24-12-16(22)21-10-9-13(2)25-15-8-6-5-7-14(15)21/h5-8,13H,3-4,9-12H2,1-2H3. The van der Waals surface area contributed by atoms with E-state index in [1.165, 1.54) is 29.5 Å². The van der Waals surface area contributed by atoms with Crippen molar-refractivity contribution in [1.82, 2.24) is 10.2 Å². The molecule has 1 atom stereocenters. The first-order valence-electron chi connectivity index (χ1n) is 8.82. The third-order valence-corrected chi connectivity index (χ3v) is 8.47. The van der Waals surface area contributed by atoms with Crippen LogP contribution >= 0.6 is 46.6 Å². The molecule has 1 aliphatic rings. The molecule has 0 spiro atoms. The van der Waals surface area contributed by atoms with Gasteiger partial charge >= 0.3 is 0 Å². The molecule has 8 heteroatoms. The molecule has 0 radical (unpaired) electrons. The van der Waals surface area contributed by atoms with Crippen molar-refractivity contribution in [2.75, 3.05) is 23.0 Å². The highest BCUT2D eigenvalue weighted by atomic mass is 32.2. The maximum absolute atomic E-state index is 12.9. The lowest BCUT2D eigenvalue weighted by Crippen LogP contribution is -2.33. The number of carbonyl (C=O) groups is 1. The van der Waals surface area contributed by atoms with E-state index < -0.39 is 0 Å². The van der Waals surface area contributed by atoms with E-state index >= 15 is 0 Å². The number of rotatable bonds is 7. The van der Waals surface area contributed by atoms with Crippen molar-refractivity contribution in [3.63, 3.8) is 0 Å². The van der Waals surface area contributed by atoms with Crippen molar-refractivity contribution < 1.29 is 4.79 Å². The molecule has 0 saturated carbocycles. The minimum Gasteiger partial charge on any atom is -0.311 e. The molecule has 1 amide bonds. The fourth-order valence-corrected chi connectivity index (χ4v) is 6.73. The van der Waals surface area contributed by atoms with Crippen LogP contribution < -0.4 is 4.90 Å². The van der Waals surface area contributed by atoms with Crippen LogP contribution in [-0.2, 0) is 4.79 Å². The van der Waals surface area contributed by atoms with Crippen molar-refractivity contribution in [2.24, 2.45) is 0 Å². The lowest BCUT2D eigenvalue weighted by molar-refractivity contribution is -0.116. The smallest absolute Gasteiger partial charge is 0.237 e. The third kappa shape index (κ3) is 5.41. The Morgan fingerprint density at radius 2 is 2.04 bits per heavy atom. The van der Waals surface area contributed by atoms with E-state index in [1.807, 2.05) is 28.8 Å². The molecule has 0 fully saturated rings. The first kappa shape index (κ1) is 20.0. The summed E-state index contributed by atoms with van der Waals surface area (Å²) in [5, 5.41) is 8.97. The van der Waals surface area contributed by atoms with Crippen LogP contribution in [0.25, 0.3) is 0 Å². The van der Waals surface area contributed by atoms with Gasteiger partial charge in [-0.1, -0.05) is 67.3 Å². The number of carbonyl (C=O) groups excluding carboxylic acids is 1. The zero-order valence-corrected chi connectivity index (χ0v) is 18.3. The summed E-state index contributed by atoms with van der Waals surface area (Å²) in [6.07, 6.45) is 3.39. The Morgan fingerprint density at radius 1 is 1.27 bits per heavy atom. The van der Waals surface area contributed by atoms with Gasteiger partial charge in [0.15, 0.2) is 8.68 Å². The van der Waals surface area contributed by atoms with E-state index in [2.05, 4.69) is 36.2 Å². The van der Waals surface area contributed by atoms with Crippen LogP contribution in [0.2, 0.25) is 0 Å². The fraction of sp³-hybridized carbons (Fsp3) is 0.500. The van der Waals surface area contributed by atoms with Gasteiger partial charge in [0, 0.05) is 22.4 Å². The van der Waals surface area contributed by atoms with E-state index in [0.29, 0.717) is 11.0 Å². The van der Waals surface area contributed by atoms with Crippen molar-refractivity contribution in [3.05, 3.63) is 24.3 Å². The Balaban J connectivity index is 1.60. The Hall–Kier alpha value is -0.700. The second-order valence-corrected chi connectivity index (χ2v) is 11.1. The van der Waals surface area contributed by atoms with Crippen LogP contribution in [0.15, 0.2) is 37.8 Å². The highest BCUT2D eigenvalue weighted by Gasteiger charge is 2.24. The largest absolute Gasteiger partial charge is 0.311 e. The number of hydrogen-bond acceptors (Lipinski definition) is 7. The van der Waals surface area contributed by atoms with Gasteiger partial charge in [-0.15, -0.1) is 22.0 Å². The monoisotopic (exact) mass is 425 g/mol. The zero-order valence-electron chi connectivity index (χ0n) is 15.0. The molecule has 2 heterocycles. The number of para-hydroxylation sites is 1. The Morgan fingerprint density at radius 3 is 2.85 bits per heavy atom. The number of anilines is 1. The maximum Gasteiger partial charge on any atom is 0.237 e. The van der Waals surface area contributed by atoms with Gasteiger partial charge < -0.3 is 4.90 Å². The van der Waals surface area contributed by atoms with Gasteiger partial charge in [0.05, 0.1) is 11.4 Å². The van der Waals surface area contributed by atoms with Crippen LogP contribution in [0.4, 0.5) is 5.69 Å². The lowest BCUT2D eigenvalue weighted by Gasteiger charge is -2.22. The molecule has 26 heavy (non-hydrogen) atoms. The van der Waals surface area contributed by atoms with Crippen LogP contribution in [-0.4, -0.2) is 39.4 Å². The van der Waals surface area contributed by atoms with E-state index in [4.69, 9.17) is 0 Å². The number of benzene rings is 1. The second kappa shape index (κ2) is 10.0. The summed E-state index contributed by atoms with van der Waals surface area (Å²) in [6.45, 7) is 5.19. The number of thioether (sulfide) groups is 3. The SMILES string of the molecule is CCCCSc1nnc(SCC(=O)N2CCC(C)Sc3ccccc32)s1. The molecule has 0 aliphatic carbocycles. The van der Waals surface area contributed by atoms with Gasteiger partial charge in [-0.25, -0.2) is 0 Å². The van der Waals surface area contributed by atoms with E-state index in [9.17, 15) is 4.79 Å². The van der Waals surface area contributed by atoms with E-state index in [0.717, 1.165) is 33.1 Å². The molecule has 1 aromatic carbocycles. The Bertz CT molecular complexity index is 737. The van der Waals surface area contributed by atoms with Crippen LogP contribution in [0.5, 0.6) is 0 Å². The first-order chi connectivity index (χ1) is 12.7. The van der Waals surface area contributed by atoms with E-state index in [-0.39, 0.29) is 5.91 Å². The van der Waals surface area contributed by atoms with Gasteiger partial charge in [0.1, 0.15) is 0 Å². The molecule has 0 N–H and O–H groups in total. The van der Waals surface area contributed by atoms with Crippen molar-refractivity contribution in [2.45, 2.75) is 51.9 Å². The number of fused-ring (bicyclic) bond motifs is 1. The quantitative estimate of drug-likeness (QED) is 0.435. The van der Waals surface area contributed by atoms with Crippen LogP contribution in [0, 0.1) is 0 Å². The molecule has 3 rings (SSSR count). The molecule has 0 bridgehead atoms. The summed E-state index contributed by atoms with van der Waals surface area (Å²) in [4.78, 5) is 16.0. The third-order valence-electron chi connectivity index (χ3n) is 3.97. The first-order valence-corrected chi connectivity index (χ1v) is 12.5. The molecular formula is C18H23N3OS4. The van der Waals surface area contributed by atoms with Gasteiger partial charge in [0.25, 0.3) is 0 Å². The zero-order chi connectivity index (χ0) is 18.4. The number of aromatic nitrogens is 2. The number of amides is 1. The van der Waals surface area contributed by atoms with Gasteiger partial charge in [0.2, 0.25) is 5.91 Å². The normalized spacial score (nSPS) is 17.0. The molecule has 1 aromatic heterocycles. The minimum absolute atomic E-state index is 0.146. The fourth-order valence-electron chi connectivity index (χ4n) is 2.56. The van der Waals surface area contributed by atoms with Gasteiger partial charge in [-0.2, -0.15) is 0 Å². The average Bonchev–Trinajstić information content (AvgIpc) is 3.02. The number of unbranched alkanes of at least 4 members (excludes halogenated alkanes) is 1. The van der Waals surface area contributed by atoms with Crippen molar-refractivity contribution in [3.8, 4) is 0 Å². The predicted octanol–water partition coefficient (Wildman–Crippen LogP) is 5.44. The highest BCUT2D eigenvalue weighted by molar-refractivity contribution is 8.03. The molecule has 4 nitrogen and oxygen atoms in total. The predicted molar refractivity (Wildman–Crippen MR) is 115 cm³/mol. The van der Waals surface area contributed by atoms with Crippen LogP contribution in [0.1, 0.15) is 33.1 Å². The molecule has 2 aromatic rings. The molecule has 140 valence electrons. The van der Waals surface area contributed by atoms with Gasteiger partial charge in [-0.05, 0) is 25.0 Å². The second-order valence-electron chi connectivity index (χ2n) is 6.05. The number of nitrogens with zero attached hydrogens (tertiary/aromatic N) is 3. The maximum atomic E-state index is 12.9. The molecular weight excluding hydrogens is 402 g/mol. The minimum atomic E-state index is 0.146.